The average Bonchev–Trinajstić information content (AvgIpc) is 3.19. The lowest BCUT2D eigenvalue weighted by Gasteiger charge is -2.33. The van der Waals surface area contributed by atoms with Gasteiger partial charge in [-0.25, -0.2) is 4.79 Å². The summed E-state index contributed by atoms with van der Waals surface area (Å²) >= 11 is 0. The molecule has 2 heterocycles. The van der Waals surface area contributed by atoms with Crippen molar-refractivity contribution in [3.63, 3.8) is 0 Å². The summed E-state index contributed by atoms with van der Waals surface area (Å²) in [4.78, 5) is 28.2. The third-order valence-electron chi connectivity index (χ3n) is 5.09. The van der Waals surface area contributed by atoms with Crippen molar-refractivity contribution in [3.05, 3.63) is 42.2 Å². The van der Waals surface area contributed by atoms with Gasteiger partial charge in [0.05, 0.1) is 12.3 Å². The van der Waals surface area contributed by atoms with Crippen LogP contribution >= 0.6 is 0 Å². The van der Waals surface area contributed by atoms with Crippen LogP contribution in [0.15, 0.2) is 36.7 Å². The van der Waals surface area contributed by atoms with E-state index >= 15 is 0 Å². The van der Waals surface area contributed by atoms with E-state index in [0.29, 0.717) is 12.8 Å². The second kappa shape index (κ2) is 9.82. The predicted molar refractivity (Wildman–Crippen MR) is 106 cm³/mol. The Labute approximate surface area is 182 Å². The largest absolute Gasteiger partial charge is 0.492 e. The summed E-state index contributed by atoms with van der Waals surface area (Å²) in [5, 5.41) is 16.9. The second-order valence-electron chi connectivity index (χ2n) is 7.52. The fourth-order valence-corrected chi connectivity index (χ4v) is 3.47. The molecule has 11 heteroatoms. The number of aryl methyl sites for hydroxylation is 1. The summed E-state index contributed by atoms with van der Waals surface area (Å²) in [6.45, 7) is 0.00688. The van der Waals surface area contributed by atoms with Crippen LogP contribution in [-0.4, -0.2) is 51.5 Å². The summed E-state index contributed by atoms with van der Waals surface area (Å²) < 4.78 is 39.3. The van der Waals surface area contributed by atoms with E-state index in [1.807, 2.05) is 43.6 Å². The molecule has 1 aromatic heterocycles. The first-order valence-electron chi connectivity index (χ1n) is 10.0. The zero-order chi connectivity index (χ0) is 23.3. The lowest BCUT2D eigenvalue weighted by Crippen LogP contribution is -2.53. The first-order valence-corrected chi connectivity index (χ1v) is 10.0. The van der Waals surface area contributed by atoms with Crippen LogP contribution < -0.4 is 5.32 Å². The number of nitrogens with one attached hydrogen (secondary N) is 1. The Morgan fingerprint density at radius 2 is 2.00 bits per heavy atom. The smallest absolute Gasteiger partial charge is 0.360 e. The van der Waals surface area contributed by atoms with Crippen LogP contribution in [0.5, 0.6) is 0 Å². The Bertz CT molecular complexity index is 997. The monoisotopic (exact) mass is 449 g/mol. The number of hydrogen-bond acceptors (Lipinski definition) is 6. The minimum absolute atomic E-state index is 0.00688. The predicted octanol–water partition coefficient (Wildman–Crippen LogP) is 2.51. The summed E-state index contributed by atoms with van der Waals surface area (Å²) in [5.41, 5.74) is 2.69. The highest BCUT2D eigenvalue weighted by Gasteiger charge is 2.44. The number of alkyl halides is 3. The van der Waals surface area contributed by atoms with Gasteiger partial charge < -0.3 is 10.2 Å². The van der Waals surface area contributed by atoms with Gasteiger partial charge in [0.1, 0.15) is 12.1 Å². The Kier molecular flexibility index (Phi) is 7.15. The second-order valence-corrected chi connectivity index (χ2v) is 7.52. The molecule has 0 spiro atoms. The lowest BCUT2D eigenvalue weighted by molar-refractivity contribution is -0.248. The highest BCUT2D eigenvalue weighted by atomic mass is 19.4. The third kappa shape index (κ3) is 5.85. The maximum atomic E-state index is 12.7. The van der Waals surface area contributed by atoms with Crippen molar-refractivity contribution in [2.45, 2.75) is 43.9 Å². The van der Waals surface area contributed by atoms with E-state index in [4.69, 9.17) is 0 Å². The van der Waals surface area contributed by atoms with Crippen LogP contribution in [0.1, 0.15) is 24.8 Å². The number of hydroxylamine groups is 2. The number of benzene rings is 1. The first kappa shape index (κ1) is 23.3. The van der Waals surface area contributed by atoms with E-state index in [1.165, 1.54) is 0 Å². The molecule has 3 rings (SSSR count). The van der Waals surface area contributed by atoms with Crippen LogP contribution in [0.3, 0.4) is 0 Å². The van der Waals surface area contributed by atoms with Gasteiger partial charge in [0.15, 0.2) is 0 Å². The van der Waals surface area contributed by atoms with Gasteiger partial charge in [0.25, 0.3) is 0 Å². The third-order valence-corrected chi connectivity index (χ3v) is 5.09. The van der Waals surface area contributed by atoms with Crippen molar-refractivity contribution in [1.82, 2.24) is 20.2 Å². The van der Waals surface area contributed by atoms with Crippen LogP contribution in [0.4, 0.5) is 13.2 Å². The summed E-state index contributed by atoms with van der Waals surface area (Å²) in [6.07, 6.45) is -0.0517. The topological polar surface area (TPSA) is 100 Å². The van der Waals surface area contributed by atoms with Gasteiger partial charge in [-0.15, -0.1) is 5.06 Å². The molecule has 170 valence electrons. The van der Waals surface area contributed by atoms with E-state index in [9.17, 15) is 28.0 Å². The molecule has 0 aliphatic carbocycles. The number of nitrogens with zero attached hydrogens (tertiary/aromatic N) is 4. The van der Waals surface area contributed by atoms with E-state index in [2.05, 4.69) is 15.3 Å². The molecular weight excluding hydrogens is 427 g/mol. The zero-order valence-corrected chi connectivity index (χ0v) is 17.3. The molecule has 1 aromatic carbocycles. The maximum absolute atomic E-state index is 12.7. The fraction of sp³-hybridized carbons (Fsp3) is 0.429. The molecule has 2 atom stereocenters. The minimum atomic E-state index is -5.16. The molecular formula is C21H22F3N5O3. The van der Waals surface area contributed by atoms with Crippen molar-refractivity contribution >= 4 is 11.9 Å². The van der Waals surface area contributed by atoms with Crippen LogP contribution in [-0.2, 0) is 27.9 Å². The number of nitriles is 1. The molecule has 1 fully saturated rings. The highest BCUT2D eigenvalue weighted by Crippen LogP contribution is 2.23. The Hall–Kier alpha value is -3.39. The highest BCUT2D eigenvalue weighted by molar-refractivity contribution is 5.83. The summed E-state index contributed by atoms with van der Waals surface area (Å²) in [6, 6.07) is 7.43. The van der Waals surface area contributed by atoms with E-state index in [0.717, 1.165) is 21.8 Å². The number of halogens is 3. The van der Waals surface area contributed by atoms with Gasteiger partial charge in [-0.1, -0.05) is 24.3 Å². The van der Waals surface area contributed by atoms with E-state index < -0.39 is 30.1 Å². The van der Waals surface area contributed by atoms with Crippen molar-refractivity contribution in [2.75, 3.05) is 6.54 Å². The Morgan fingerprint density at radius 3 is 2.59 bits per heavy atom. The number of carbonyl (C=O) groups excluding carboxylic acids is 2. The number of piperidine rings is 1. The number of rotatable bonds is 6. The van der Waals surface area contributed by atoms with Gasteiger partial charge in [0, 0.05) is 31.8 Å². The number of hydrogen-bond donors (Lipinski definition) is 1. The van der Waals surface area contributed by atoms with Crippen LogP contribution in [0.25, 0.3) is 11.1 Å². The molecule has 0 bridgehead atoms. The molecule has 1 aliphatic heterocycles. The molecule has 0 saturated carbocycles. The Morgan fingerprint density at radius 1 is 1.28 bits per heavy atom. The first-order chi connectivity index (χ1) is 15.2. The number of amides is 1. The SMILES string of the molecule is Cn1cc(-c2ccc(C[C@@H](C#N)NC(=O)[C@@H]3CCCCN3OC(=O)C(F)(F)F)cc2)cn1. The standard InChI is InChI=1S/C21H22F3N5O3/c1-28-13-16(12-26-28)15-7-5-14(6-8-15)10-17(11-25)27-19(30)18-4-2-3-9-29(18)32-20(31)21(22,23)24/h5-8,12-13,17-18H,2-4,9-10H2,1H3,(H,27,30)/t17-,18-/m0/s1. The quantitative estimate of drug-likeness (QED) is 0.728. The molecule has 0 unspecified atom stereocenters. The molecule has 8 nitrogen and oxygen atoms in total. The van der Waals surface area contributed by atoms with Gasteiger partial charge in [-0.3, -0.25) is 9.48 Å². The van der Waals surface area contributed by atoms with E-state index in [1.54, 1.807) is 10.9 Å². The molecule has 0 radical (unpaired) electrons. The van der Waals surface area contributed by atoms with Crippen molar-refractivity contribution in [2.24, 2.45) is 7.05 Å². The van der Waals surface area contributed by atoms with Gasteiger partial charge >= 0.3 is 12.1 Å². The molecule has 2 aromatic rings. The Balaban J connectivity index is 1.62. The van der Waals surface area contributed by atoms with E-state index in [-0.39, 0.29) is 19.4 Å². The normalized spacial score (nSPS) is 17.9. The van der Waals surface area contributed by atoms with Crippen molar-refractivity contribution in [1.29, 1.82) is 5.26 Å². The summed E-state index contributed by atoms with van der Waals surface area (Å²) in [5.74, 6) is -3.03. The fourth-order valence-electron chi connectivity index (χ4n) is 3.47. The number of aromatic nitrogens is 2. The van der Waals surface area contributed by atoms with Crippen LogP contribution in [0.2, 0.25) is 0 Å². The molecule has 1 aliphatic rings. The minimum Gasteiger partial charge on any atom is -0.360 e. The molecule has 1 saturated heterocycles. The lowest BCUT2D eigenvalue weighted by atomic mass is 10.0. The average molecular weight is 449 g/mol. The molecule has 1 N–H and O–H groups in total. The maximum Gasteiger partial charge on any atom is 0.492 e. The zero-order valence-electron chi connectivity index (χ0n) is 17.3. The summed E-state index contributed by atoms with van der Waals surface area (Å²) in [7, 11) is 1.82. The molecule has 32 heavy (non-hydrogen) atoms. The van der Waals surface area contributed by atoms with Gasteiger partial charge in [-0.2, -0.15) is 23.5 Å². The van der Waals surface area contributed by atoms with Gasteiger partial charge in [0.2, 0.25) is 5.91 Å². The molecule has 1 amide bonds. The van der Waals surface area contributed by atoms with Crippen molar-refractivity contribution in [3.8, 4) is 17.2 Å². The van der Waals surface area contributed by atoms with Gasteiger partial charge in [-0.05, 0) is 30.4 Å². The van der Waals surface area contributed by atoms with Crippen LogP contribution in [0, 0.1) is 11.3 Å². The number of carbonyl (C=O) groups is 2. The van der Waals surface area contributed by atoms with Crippen molar-refractivity contribution < 1.29 is 27.6 Å².